The maximum atomic E-state index is 8.93. The third kappa shape index (κ3) is 3.73. The molecule has 1 rings (SSSR count). The van der Waals surface area contributed by atoms with Crippen LogP contribution in [0.4, 0.5) is 0 Å². The second-order valence-electron chi connectivity index (χ2n) is 4.67. The molecule has 0 spiro atoms. The summed E-state index contributed by atoms with van der Waals surface area (Å²) in [5.41, 5.74) is 2.65. The number of nitriles is 1. The van der Waals surface area contributed by atoms with Gasteiger partial charge in [0.25, 0.3) is 0 Å². The molecule has 0 amide bonds. The Morgan fingerprint density at radius 1 is 1.33 bits per heavy atom. The quantitative estimate of drug-likeness (QED) is 0.739. The van der Waals surface area contributed by atoms with E-state index in [0.29, 0.717) is 12.2 Å². The smallest absolute Gasteiger partial charge is 0.0995 e. The molecule has 0 saturated heterocycles. The van der Waals surface area contributed by atoms with Crippen LogP contribution in [0.1, 0.15) is 37.5 Å². The first kappa shape index (κ1) is 11.7. The highest BCUT2D eigenvalue weighted by Crippen LogP contribution is 2.16. The van der Waals surface area contributed by atoms with Crippen molar-refractivity contribution in [2.45, 2.75) is 39.9 Å². The number of rotatable bonds is 2. The Hall–Kier alpha value is -1.33. The highest BCUT2D eigenvalue weighted by molar-refractivity contribution is 5.39. The summed E-state index contributed by atoms with van der Waals surface area (Å²) in [6.07, 6.45) is 0. The van der Waals surface area contributed by atoms with Gasteiger partial charge < -0.3 is 4.74 Å². The Kier molecular flexibility index (Phi) is 3.49. The summed E-state index contributed by atoms with van der Waals surface area (Å²) < 4.78 is 5.66. The molecule has 0 aromatic heterocycles. The first-order valence-electron chi connectivity index (χ1n) is 5.06. The number of benzene rings is 1. The zero-order chi connectivity index (χ0) is 11.5. The molecule has 2 heteroatoms. The summed E-state index contributed by atoms with van der Waals surface area (Å²) in [5.74, 6) is 0. The second-order valence-corrected chi connectivity index (χ2v) is 4.67. The van der Waals surface area contributed by atoms with Crippen molar-refractivity contribution in [3.05, 3.63) is 34.9 Å². The van der Waals surface area contributed by atoms with Gasteiger partial charge in [-0.2, -0.15) is 5.26 Å². The average Bonchev–Trinajstić information content (AvgIpc) is 2.14. The number of aryl methyl sites for hydroxylation is 1. The molecule has 0 unspecified atom stereocenters. The fraction of sp³-hybridized carbons (Fsp3) is 0.462. The van der Waals surface area contributed by atoms with Crippen molar-refractivity contribution >= 4 is 0 Å². The average molecular weight is 203 g/mol. The van der Waals surface area contributed by atoms with E-state index in [0.717, 1.165) is 11.1 Å². The summed E-state index contributed by atoms with van der Waals surface area (Å²) >= 11 is 0. The van der Waals surface area contributed by atoms with Gasteiger partial charge in [-0.3, -0.25) is 0 Å². The fourth-order valence-corrected chi connectivity index (χ4v) is 1.25. The monoisotopic (exact) mass is 203 g/mol. The van der Waals surface area contributed by atoms with E-state index in [4.69, 9.17) is 10.00 Å². The van der Waals surface area contributed by atoms with Gasteiger partial charge in [0.1, 0.15) is 0 Å². The summed E-state index contributed by atoms with van der Waals surface area (Å²) in [6, 6.07) is 7.97. The van der Waals surface area contributed by atoms with E-state index < -0.39 is 0 Å². The lowest BCUT2D eigenvalue weighted by molar-refractivity contribution is -0.0150. The molecule has 0 radical (unpaired) electrons. The third-order valence-corrected chi connectivity index (χ3v) is 2.04. The van der Waals surface area contributed by atoms with Gasteiger partial charge in [0.15, 0.2) is 0 Å². The minimum Gasteiger partial charge on any atom is -0.371 e. The molecule has 0 atom stereocenters. The Morgan fingerprint density at radius 2 is 2.00 bits per heavy atom. The standard InChI is InChI=1S/C13H17NO/c1-10-5-6-11(8-14)12(7-10)9-15-13(2,3)4/h5-7H,9H2,1-4H3. The summed E-state index contributed by atoms with van der Waals surface area (Å²) in [7, 11) is 0. The van der Waals surface area contributed by atoms with Gasteiger partial charge in [0.05, 0.1) is 23.8 Å². The van der Waals surface area contributed by atoms with Crippen LogP contribution in [0.2, 0.25) is 0 Å². The van der Waals surface area contributed by atoms with Crippen LogP contribution in [-0.2, 0) is 11.3 Å². The van der Waals surface area contributed by atoms with Crippen LogP contribution in [0.3, 0.4) is 0 Å². The molecule has 1 aromatic carbocycles. The topological polar surface area (TPSA) is 33.0 Å². The first-order chi connectivity index (χ1) is 6.92. The molecule has 15 heavy (non-hydrogen) atoms. The Bertz CT molecular complexity index is 383. The molecule has 0 bridgehead atoms. The molecular formula is C13H17NO. The lowest BCUT2D eigenvalue weighted by Crippen LogP contribution is -2.19. The van der Waals surface area contributed by atoms with Crippen LogP contribution in [0.5, 0.6) is 0 Å². The van der Waals surface area contributed by atoms with Crippen LogP contribution < -0.4 is 0 Å². The van der Waals surface area contributed by atoms with Gasteiger partial charge in [-0.25, -0.2) is 0 Å². The van der Waals surface area contributed by atoms with Gasteiger partial charge >= 0.3 is 0 Å². The zero-order valence-corrected chi connectivity index (χ0v) is 9.79. The Morgan fingerprint density at radius 3 is 2.53 bits per heavy atom. The highest BCUT2D eigenvalue weighted by Gasteiger charge is 2.11. The van der Waals surface area contributed by atoms with Crippen LogP contribution in [0.25, 0.3) is 0 Å². The Labute approximate surface area is 91.5 Å². The van der Waals surface area contributed by atoms with Crippen molar-refractivity contribution in [2.24, 2.45) is 0 Å². The Balaban J connectivity index is 2.85. The summed E-state index contributed by atoms with van der Waals surface area (Å²) in [6.45, 7) is 8.54. The minimum atomic E-state index is -0.170. The largest absolute Gasteiger partial charge is 0.371 e. The van der Waals surface area contributed by atoms with Gasteiger partial charge in [-0.05, 0) is 39.3 Å². The number of hydrogen-bond acceptors (Lipinski definition) is 2. The molecule has 2 nitrogen and oxygen atoms in total. The lowest BCUT2D eigenvalue weighted by Gasteiger charge is -2.20. The van der Waals surface area contributed by atoms with Gasteiger partial charge in [0.2, 0.25) is 0 Å². The number of ether oxygens (including phenoxy) is 1. The molecule has 0 aliphatic rings. The molecule has 80 valence electrons. The van der Waals surface area contributed by atoms with Gasteiger partial charge in [-0.15, -0.1) is 0 Å². The van der Waals surface area contributed by atoms with E-state index in [9.17, 15) is 0 Å². The molecule has 0 aliphatic carbocycles. The minimum absolute atomic E-state index is 0.170. The van der Waals surface area contributed by atoms with Crippen molar-refractivity contribution < 1.29 is 4.74 Å². The number of hydrogen-bond donors (Lipinski definition) is 0. The van der Waals surface area contributed by atoms with E-state index in [2.05, 4.69) is 6.07 Å². The van der Waals surface area contributed by atoms with E-state index in [1.54, 1.807) is 0 Å². The van der Waals surface area contributed by atoms with Crippen molar-refractivity contribution in [3.63, 3.8) is 0 Å². The predicted octanol–water partition coefficient (Wildman–Crippen LogP) is 3.18. The normalized spacial score (nSPS) is 11.1. The van der Waals surface area contributed by atoms with Crippen LogP contribution >= 0.6 is 0 Å². The third-order valence-electron chi connectivity index (χ3n) is 2.04. The van der Waals surface area contributed by atoms with Gasteiger partial charge in [0, 0.05) is 0 Å². The highest BCUT2D eigenvalue weighted by atomic mass is 16.5. The lowest BCUT2D eigenvalue weighted by atomic mass is 10.1. The SMILES string of the molecule is Cc1ccc(C#N)c(COC(C)(C)C)c1. The summed E-state index contributed by atoms with van der Waals surface area (Å²) in [4.78, 5) is 0. The number of nitrogens with zero attached hydrogens (tertiary/aromatic N) is 1. The van der Waals surface area contributed by atoms with Crippen molar-refractivity contribution in [1.29, 1.82) is 5.26 Å². The van der Waals surface area contributed by atoms with Crippen molar-refractivity contribution in [3.8, 4) is 6.07 Å². The molecular weight excluding hydrogens is 186 g/mol. The molecule has 0 heterocycles. The molecule has 1 aromatic rings. The van der Waals surface area contributed by atoms with Crippen molar-refractivity contribution in [1.82, 2.24) is 0 Å². The van der Waals surface area contributed by atoms with Crippen LogP contribution in [-0.4, -0.2) is 5.60 Å². The second kappa shape index (κ2) is 4.46. The van der Waals surface area contributed by atoms with Crippen LogP contribution in [0, 0.1) is 18.3 Å². The van der Waals surface area contributed by atoms with E-state index in [-0.39, 0.29) is 5.60 Å². The fourth-order valence-electron chi connectivity index (χ4n) is 1.25. The first-order valence-corrected chi connectivity index (χ1v) is 5.06. The summed E-state index contributed by atoms with van der Waals surface area (Å²) in [5, 5.41) is 8.93. The maximum absolute atomic E-state index is 8.93. The van der Waals surface area contributed by atoms with Gasteiger partial charge in [-0.1, -0.05) is 17.7 Å². The maximum Gasteiger partial charge on any atom is 0.0995 e. The molecule has 0 N–H and O–H groups in total. The van der Waals surface area contributed by atoms with Crippen LogP contribution in [0.15, 0.2) is 18.2 Å². The molecule has 0 fully saturated rings. The van der Waals surface area contributed by atoms with E-state index >= 15 is 0 Å². The predicted molar refractivity (Wildman–Crippen MR) is 60.4 cm³/mol. The van der Waals surface area contributed by atoms with E-state index in [1.807, 2.05) is 45.9 Å². The molecule has 0 saturated carbocycles. The van der Waals surface area contributed by atoms with Crippen molar-refractivity contribution in [2.75, 3.05) is 0 Å². The zero-order valence-electron chi connectivity index (χ0n) is 9.79. The molecule has 0 aliphatic heterocycles. The van der Waals surface area contributed by atoms with E-state index in [1.165, 1.54) is 0 Å².